The minimum atomic E-state index is -2.74. The number of methoxy groups -OCH3 is 2. The number of amides is 2. The topological polar surface area (TPSA) is 76.7 Å². The summed E-state index contributed by atoms with van der Waals surface area (Å²) in [6, 6.07) is -1.37. The van der Waals surface area contributed by atoms with Gasteiger partial charge in [-0.25, -0.2) is 18.4 Å². The second-order valence-corrected chi connectivity index (χ2v) is 2.78. The van der Waals surface area contributed by atoms with Crippen LogP contribution in [0.1, 0.15) is 6.42 Å². The van der Waals surface area contributed by atoms with Crippen LogP contribution in [0.2, 0.25) is 0 Å². The van der Waals surface area contributed by atoms with E-state index in [1.54, 1.807) is 0 Å². The highest BCUT2D eigenvalue weighted by Crippen LogP contribution is 2.04. The van der Waals surface area contributed by atoms with Crippen molar-refractivity contribution in [2.45, 2.75) is 18.9 Å². The van der Waals surface area contributed by atoms with E-state index < -0.39 is 24.7 Å². The molecular formula is C8H14F2N2O4. The van der Waals surface area contributed by atoms with Gasteiger partial charge < -0.3 is 20.1 Å². The Balaban J connectivity index is 3.95. The quantitative estimate of drug-likeness (QED) is 0.742. The van der Waals surface area contributed by atoms with Crippen LogP contribution in [-0.4, -0.2) is 45.4 Å². The third-order valence-corrected chi connectivity index (χ3v) is 1.70. The summed E-state index contributed by atoms with van der Waals surface area (Å²) in [5.74, 6) is 0. The van der Waals surface area contributed by atoms with Crippen molar-refractivity contribution in [2.24, 2.45) is 0 Å². The Morgan fingerprint density at radius 2 is 1.75 bits per heavy atom. The molecule has 0 spiro atoms. The van der Waals surface area contributed by atoms with Crippen molar-refractivity contribution in [1.29, 1.82) is 0 Å². The molecule has 2 amide bonds. The molecule has 0 aromatic heterocycles. The number of nitrogens with one attached hydrogen (secondary N) is 2. The van der Waals surface area contributed by atoms with Gasteiger partial charge >= 0.3 is 12.2 Å². The molecule has 0 saturated heterocycles. The van der Waals surface area contributed by atoms with Gasteiger partial charge in [-0.1, -0.05) is 0 Å². The predicted molar refractivity (Wildman–Crippen MR) is 50.4 cm³/mol. The lowest BCUT2D eigenvalue weighted by molar-refractivity contribution is 0.0864. The third kappa shape index (κ3) is 5.99. The molecule has 0 aromatic rings. The summed E-state index contributed by atoms with van der Waals surface area (Å²) in [6.45, 7) is -0.0360. The first-order chi connectivity index (χ1) is 7.51. The molecule has 0 aromatic carbocycles. The van der Waals surface area contributed by atoms with E-state index in [1.165, 1.54) is 0 Å². The van der Waals surface area contributed by atoms with E-state index in [9.17, 15) is 18.4 Å². The van der Waals surface area contributed by atoms with E-state index >= 15 is 0 Å². The van der Waals surface area contributed by atoms with Crippen LogP contribution in [-0.2, 0) is 9.47 Å². The molecule has 0 saturated carbocycles. The molecule has 0 bridgehead atoms. The summed E-state index contributed by atoms with van der Waals surface area (Å²) < 4.78 is 33.2. The van der Waals surface area contributed by atoms with Crippen LogP contribution in [0.5, 0.6) is 0 Å². The largest absolute Gasteiger partial charge is 0.453 e. The van der Waals surface area contributed by atoms with Crippen LogP contribution in [0.25, 0.3) is 0 Å². The summed E-state index contributed by atoms with van der Waals surface area (Å²) in [5.41, 5.74) is 0. The standard InChI is InChI=1S/C8H14F2N2O4/c1-15-7(13)11-4-3-5(6(9)10)12-8(14)16-2/h5-6H,3-4H2,1-2H3,(H,11,13)(H,12,14). The normalized spacial score (nSPS) is 11.8. The Morgan fingerprint density at radius 1 is 1.19 bits per heavy atom. The second-order valence-electron chi connectivity index (χ2n) is 2.78. The minimum Gasteiger partial charge on any atom is -0.453 e. The molecule has 94 valence electrons. The summed E-state index contributed by atoms with van der Waals surface area (Å²) >= 11 is 0. The van der Waals surface area contributed by atoms with Crippen molar-refractivity contribution in [3.63, 3.8) is 0 Å². The first-order valence-corrected chi connectivity index (χ1v) is 4.45. The Kier molecular flexibility index (Phi) is 6.89. The zero-order valence-electron chi connectivity index (χ0n) is 8.96. The number of hydrogen-bond donors (Lipinski definition) is 2. The predicted octanol–water partition coefficient (Wildman–Crippen LogP) is 0.722. The fourth-order valence-electron chi connectivity index (χ4n) is 0.873. The van der Waals surface area contributed by atoms with Crippen LogP contribution >= 0.6 is 0 Å². The molecule has 0 fully saturated rings. The zero-order chi connectivity index (χ0) is 12.6. The van der Waals surface area contributed by atoms with Gasteiger partial charge in [0.15, 0.2) is 0 Å². The highest BCUT2D eigenvalue weighted by atomic mass is 19.3. The molecule has 6 nitrogen and oxygen atoms in total. The van der Waals surface area contributed by atoms with Crippen molar-refractivity contribution in [1.82, 2.24) is 10.6 Å². The molecule has 16 heavy (non-hydrogen) atoms. The highest BCUT2D eigenvalue weighted by molar-refractivity contribution is 5.67. The van der Waals surface area contributed by atoms with Gasteiger partial charge in [-0.15, -0.1) is 0 Å². The fourth-order valence-corrected chi connectivity index (χ4v) is 0.873. The average Bonchev–Trinajstić information content (AvgIpc) is 2.26. The Hall–Kier alpha value is -1.60. The van der Waals surface area contributed by atoms with Gasteiger partial charge in [-0.2, -0.15) is 0 Å². The fraction of sp³-hybridized carbons (Fsp3) is 0.750. The van der Waals surface area contributed by atoms with E-state index in [4.69, 9.17) is 0 Å². The minimum absolute atomic E-state index is 0.0360. The molecule has 0 heterocycles. The van der Waals surface area contributed by atoms with E-state index in [0.717, 1.165) is 14.2 Å². The van der Waals surface area contributed by atoms with Crippen molar-refractivity contribution < 1.29 is 27.8 Å². The van der Waals surface area contributed by atoms with Gasteiger partial charge in [0, 0.05) is 6.54 Å². The monoisotopic (exact) mass is 240 g/mol. The number of alkyl halides is 2. The van der Waals surface area contributed by atoms with Crippen molar-refractivity contribution >= 4 is 12.2 Å². The van der Waals surface area contributed by atoms with Crippen LogP contribution in [0.3, 0.4) is 0 Å². The van der Waals surface area contributed by atoms with E-state index in [-0.39, 0.29) is 13.0 Å². The summed E-state index contributed by atoms with van der Waals surface area (Å²) in [6.07, 6.45) is -4.52. The molecule has 2 N–H and O–H groups in total. The van der Waals surface area contributed by atoms with Crippen molar-refractivity contribution in [2.75, 3.05) is 20.8 Å². The van der Waals surface area contributed by atoms with Crippen LogP contribution < -0.4 is 10.6 Å². The maximum atomic E-state index is 12.4. The summed E-state index contributed by atoms with van der Waals surface area (Å²) in [7, 11) is 2.23. The lowest BCUT2D eigenvalue weighted by Gasteiger charge is -2.16. The maximum absolute atomic E-state index is 12.4. The van der Waals surface area contributed by atoms with Crippen molar-refractivity contribution in [3.8, 4) is 0 Å². The molecule has 1 atom stereocenters. The van der Waals surface area contributed by atoms with E-state index in [1.807, 2.05) is 5.32 Å². The molecular weight excluding hydrogens is 226 g/mol. The molecule has 8 heteroatoms. The highest BCUT2D eigenvalue weighted by Gasteiger charge is 2.22. The first kappa shape index (κ1) is 14.4. The van der Waals surface area contributed by atoms with Gasteiger partial charge in [0.05, 0.1) is 20.3 Å². The number of ether oxygens (including phenoxy) is 2. The lowest BCUT2D eigenvalue weighted by Crippen LogP contribution is -2.42. The molecule has 1 unspecified atom stereocenters. The number of alkyl carbamates (subject to hydrolysis) is 2. The molecule has 0 rings (SSSR count). The maximum Gasteiger partial charge on any atom is 0.407 e. The number of carbonyl (C=O) groups excluding carboxylic acids is 2. The molecule has 0 radical (unpaired) electrons. The number of halogens is 2. The van der Waals surface area contributed by atoms with Crippen LogP contribution in [0.15, 0.2) is 0 Å². The second kappa shape index (κ2) is 7.66. The van der Waals surface area contributed by atoms with E-state index in [2.05, 4.69) is 14.8 Å². The summed E-state index contributed by atoms with van der Waals surface area (Å²) in [4.78, 5) is 21.3. The Morgan fingerprint density at radius 3 is 2.19 bits per heavy atom. The SMILES string of the molecule is COC(=O)NCCC(NC(=O)OC)C(F)F. The van der Waals surface area contributed by atoms with Gasteiger partial charge in [-0.05, 0) is 6.42 Å². The number of rotatable bonds is 5. The molecule has 0 aliphatic rings. The number of hydrogen-bond acceptors (Lipinski definition) is 4. The summed E-state index contributed by atoms with van der Waals surface area (Å²) in [5, 5.41) is 4.18. The van der Waals surface area contributed by atoms with Crippen LogP contribution in [0.4, 0.5) is 18.4 Å². The molecule has 0 aliphatic carbocycles. The third-order valence-electron chi connectivity index (χ3n) is 1.70. The van der Waals surface area contributed by atoms with Gasteiger partial charge in [0.1, 0.15) is 0 Å². The van der Waals surface area contributed by atoms with Gasteiger partial charge in [0.25, 0.3) is 6.43 Å². The van der Waals surface area contributed by atoms with Crippen LogP contribution in [0, 0.1) is 0 Å². The average molecular weight is 240 g/mol. The Bertz CT molecular complexity index is 238. The van der Waals surface area contributed by atoms with Crippen molar-refractivity contribution in [3.05, 3.63) is 0 Å². The molecule has 0 aliphatic heterocycles. The zero-order valence-corrected chi connectivity index (χ0v) is 8.96. The van der Waals surface area contributed by atoms with Gasteiger partial charge in [-0.3, -0.25) is 0 Å². The lowest BCUT2D eigenvalue weighted by atomic mass is 10.2. The smallest absolute Gasteiger partial charge is 0.407 e. The Labute approximate surface area is 91.3 Å². The van der Waals surface area contributed by atoms with Gasteiger partial charge in [0.2, 0.25) is 0 Å². The first-order valence-electron chi connectivity index (χ1n) is 4.45. The van der Waals surface area contributed by atoms with E-state index in [0.29, 0.717) is 0 Å². The number of carbonyl (C=O) groups is 2.